The molecule has 27 heavy (non-hydrogen) atoms. The van der Waals surface area contributed by atoms with Gasteiger partial charge in [-0.2, -0.15) is 0 Å². The quantitative estimate of drug-likeness (QED) is 0.666. The highest BCUT2D eigenvalue weighted by molar-refractivity contribution is 6.10. The third-order valence-electron chi connectivity index (χ3n) is 3.91. The van der Waals surface area contributed by atoms with Crippen molar-refractivity contribution < 1.29 is 14.0 Å². The molecule has 2 N–H and O–H groups in total. The lowest BCUT2D eigenvalue weighted by Gasteiger charge is -2.11. The van der Waals surface area contributed by atoms with Crippen LogP contribution < -0.4 is 10.6 Å². The van der Waals surface area contributed by atoms with E-state index in [-0.39, 0.29) is 11.6 Å². The van der Waals surface area contributed by atoms with Crippen molar-refractivity contribution in [2.24, 2.45) is 0 Å². The van der Waals surface area contributed by atoms with E-state index in [1.807, 2.05) is 44.2 Å². The third kappa shape index (κ3) is 4.95. The first kappa shape index (κ1) is 18.2. The van der Waals surface area contributed by atoms with E-state index < -0.39 is 5.91 Å². The molecule has 0 saturated heterocycles. The number of hydrogen-bond donors (Lipinski definition) is 2. The van der Waals surface area contributed by atoms with Gasteiger partial charge in [0.15, 0.2) is 0 Å². The van der Waals surface area contributed by atoms with Crippen LogP contribution >= 0.6 is 0 Å². The standard InChI is InChI=1S/C22H20N2O3/c1-15-8-10-17(11-9-15)21(25)24-20(14-19-7-4-12-27-19)22(26)23-18-6-3-5-16(2)13-18/h3-14H,1-2H3,(H,23,26)(H,24,25)/b20-14+. The van der Waals surface area contributed by atoms with Crippen molar-refractivity contribution in [3.8, 4) is 0 Å². The second-order valence-electron chi connectivity index (χ2n) is 6.22. The molecule has 3 aromatic rings. The van der Waals surface area contributed by atoms with Crippen molar-refractivity contribution in [3.05, 3.63) is 95.1 Å². The van der Waals surface area contributed by atoms with Gasteiger partial charge in [-0.1, -0.05) is 29.8 Å². The van der Waals surface area contributed by atoms with Crippen LogP contribution in [0.2, 0.25) is 0 Å². The summed E-state index contributed by atoms with van der Waals surface area (Å²) < 4.78 is 5.28. The second-order valence-corrected chi connectivity index (χ2v) is 6.22. The lowest BCUT2D eigenvalue weighted by Crippen LogP contribution is -2.30. The maximum absolute atomic E-state index is 12.7. The zero-order chi connectivity index (χ0) is 19.2. The van der Waals surface area contributed by atoms with E-state index in [1.54, 1.807) is 30.3 Å². The summed E-state index contributed by atoms with van der Waals surface area (Å²) in [7, 11) is 0. The van der Waals surface area contributed by atoms with Crippen LogP contribution in [-0.4, -0.2) is 11.8 Å². The molecule has 0 aliphatic heterocycles. The Labute approximate surface area is 157 Å². The molecule has 2 aromatic carbocycles. The summed E-state index contributed by atoms with van der Waals surface area (Å²) in [6.07, 6.45) is 3.00. The van der Waals surface area contributed by atoms with Crippen LogP contribution in [0.25, 0.3) is 6.08 Å². The molecule has 0 bridgehead atoms. The normalized spacial score (nSPS) is 11.1. The van der Waals surface area contributed by atoms with Gasteiger partial charge in [-0.3, -0.25) is 9.59 Å². The molecule has 5 heteroatoms. The summed E-state index contributed by atoms with van der Waals surface area (Å²) in [5.41, 5.74) is 3.28. The Bertz CT molecular complexity index is 971. The van der Waals surface area contributed by atoms with Gasteiger partial charge in [0.25, 0.3) is 11.8 Å². The number of nitrogens with one attached hydrogen (secondary N) is 2. The van der Waals surface area contributed by atoms with Gasteiger partial charge in [0.2, 0.25) is 0 Å². The maximum Gasteiger partial charge on any atom is 0.272 e. The van der Waals surface area contributed by atoms with Crippen molar-refractivity contribution in [2.75, 3.05) is 5.32 Å². The van der Waals surface area contributed by atoms with Gasteiger partial charge < -0.3 is 15.1 Å². The Morgan fingerprint density at radius 3 is 2.37 bits per heavy atom. The zero-order valence-electron chi connectivity index (χ0n) is 15.2. The molecular weight excluding hydrogens is 340 g/mol. The Balaban J connectivity index is 1.83. The van der Waals surface area contributed by atoms with E-state index in [0.717, 1.165) is 11.1 Å². The summed E-state index contributed by atoms with van der Waals surface area (Å²) in [6, 6.07) is 18.0. The first-order valence-corrected chi connectivity index (χ1v) is 8.52. The summed E-state index contributed by atoms with van der Waals surface area (Å²) in [5, 5.41) is 5.47. The van der Waals surface area contributed by atoms with Crippen LogP contribution in [0, 0.1) is 13.8 Å². The molecule has 0 unspecified atom stereocenters. The highest BCUT2D eigenvalue weighted by Crippen LogP contribution is 2.13. The number of benzene rings is 2. The highest BCUT2D eigenvalue weighted by Gasteiger charge is 2.15. The smallest absolute Gasteiger partial charge is 0.272 e. The van der Waals surface area contributed by atoms with Gasteiger partial charge in [-0.05, 0) is 55.8 Å². The summed E-state index contributed by atoms with van der Waals surface area (Å²) >= 11 is 0. The number of hydrogen-bond acceptors (Lipinski definition) is 3. The molecule has 0 saturated carbocycles. The molecule has 0 spiro atoms. The van der Waals surface area contributed by atoms with Crippen molar-refractivity contribution in [1.29, 1.82) is 0 Å². The van der Waals surface area contributed by atoms with E-state index in [9.17, 15) is 9.59 Å². The minimum absolute atomic E-state index is 0.0945. The van der Waals surface area contributed by atoms with E-state index in [1.165, 1.54) is 12.3 Å². The fourth-order valence-corrected chi connectivity index (χ4v) is 2.49. The van der Waals surface area contributed by atoms with E-state index >= 15 is 0 Å². The summed E-state index contributed by atoms with van der Waals surface area (Å²) in [4.78, 5) is 25.3. The van der Waals surface area contributed by atoms with Gasteiger partial charge in [0, 0.05) is 17.3 Å². The second kappa shape index (κ2) is 8.19. The van der Waals surface area contributed by atoms with Gasteiger partial charge >= 0.3 is 0 Å². The predicted octanol–water partition coefficient (Wildman–Crippen LogP) is 4.31. The van der Waals surface area contributed by atoms with Crippen LogP contribution in [0.4, 0.5) is 5.69 Å². The Hall–Kier alpha value is -3.60. The number of furan rings is 1. The van der Waals surface area contributed by atoms with Gasteiger partial charge in [0.05, 0.1) is 6.26 Å². The van der Waals surface area contributed by atoms with Crippen LogP contribution in [-0.2, 0) is 4.79 Å². The van der Waals surface area contributed by atoms with Crippen molar-refractivity contribution in [1.82, 2.24) is 5.32 Å². The average molecular weight is 360 g/mol. The molecule has 136 valence electrons. The molecule has 0 aliphatic carbocycles. The van der Waals surface area contributed by atoms with Crippen molar-refractivity contribution in [2.45, 2.75) is 13.8 Å². The van der Waals surface area contributed by atoms with Crippen molar-refractivity contribution >= 4 is 23.6 Å². The molecule has 1 aromatic heterocycles. The largest absolute Gasteiger partial charge is 0.465 e. The number of aryl methyl sites for hydroxylation is 2. The van der Waals surface area contributed by atoms with E-state index in [4.69, 9.17) is 4.42 Å². The number of amides is 2. The molecule has 2 amide bonds. The molecule has 0 aliphatic rings. The summed E-state index contributed by atoms with van der Waals surface area (Å²) in [6.45, 7) is 3.88. The number of rotatable bonds is 5. The lowest BCUT2D eigenvalue weighted by atomic mass is 10.1. The zero-order valence-corrected chi connectivity index (χ0v) is 15.2. The Morgan fingerprint density at radius 1 is 0.926 bits per heavy atom. The maximum atomic E-state index is 12.7. The molecule has 0 radical (unpaired) electrons. The molecule has 0 atom stereocenters. The van der Waals surface area contributed by atoms with E-state index in [2.05, 4.69) is 10.6 Å². The first-order chi connectivity index (χ1) is 13.0. The Kier molecular flexibility index (Phi) is 5.52. The third-order valence-corrected chi connectivity index (χ3v) is 3.91. The van der Waals surface area contributed by atoms with Gasteiger partial charge in [-0.25, -0.2) is 0 Å². The minimum atomic E-state index is -0.433. The topological polar surface area (TPSA) is 71.3 Å². The van der Waals surface area contributed by atoms with Crippen LogP contribution in [0.5, 0.6) is 0 Å². The molecular formula is C22H20N2O3. The predicted molar refractivity (Wildman–Crippen MR) is 105 cm³/mol. The van der Waals surface area contributed by atoms with Gasteiger partial charge in [0.1, 0.15) is 11.5 Å². The molecule has 1 heterocycles. The van der Waals surface area contributed by atoms with Gasteiger partial charge in [-0.15, -0.1) is 0 Å². The SMILES string of the molecule is Cc1ccc(C(=O)N/C(=C/c2ccco2)C(=O)Nc2cccc(C)c2)cc1. The van der Waals surface area contributed by atoms with E-state index in [0.29, 0.717) is 17.0 Å². The first-order valence-electron chi connectivity index (χ1n) is 8.52. The molecule has 5 nitrogen and oxygen atoms in total. The average Bonchev–Trinajstić information content (AvgIpc) is 3.15. The van der Waals surface area contributed by atoms with Crippen LogP contribution in [0.15, 0.2) is 77.0 Å². The minimum Gasteiger partial charge on any atom is -0.465 e. The number of anilines is 1. The highest BCUT2D eigenvalue weighted by atomic mass is 16.3. The molecule has 0 fully saturated rings. The number of carbonyl (C=O) groups excluding carboxylic acids is 2. The lowest BCUT2D eigenvalue weighted by molar-refractivity contribution is -0.113. The fraction of sp³-hybridized carbons (Fsp3) is 0.0909. The monoisotopic (exact) mass is 360 g/mol. The fourth-order valence-electron chi connectivity index (χ4n) is 2.49. The summed E-state index contributed by atoms with van der Waals surface area (Å²) in [5.74, 6) is -0.335. The van der Waals surface area contributed by atoms with Crippen molar-refractivity contribution in [3.63, 3.8) is 0 Å². The van der Waals surface area contributed by atoms with Crippen LogP contribution in [0.1, 0.15) is 27.2 Å². The Morgan fingerprint density at radius 2 is 1.70 bits per heavy atom. The molecule has 3 rings (SSSR count). The number of carbonyl (C=O) groups is 2. The van der Waals surface area contributed by atoms with Crippen LogP contribution in [0.3, 0.4) is 0 Å².